The van der Waals surface area contributed by atoms with Gasteiger partial charge in [0, 0.05) is 24.0 Å². The third kappa shape index (κ3) is 4.51. The number of piperidine rings is 1. The van der Waals surface area contributed by atoms with E-state index in [1.165, 1.54) is 0 Å². The Hall–Kier alpha value is -2.74. The highest BCUT2D eigenvalue weighted by Crippen LogP contribution is 2.23. The Balaban J connectivity index is 1.85. The maximum absolute atomic E-state index is 12.0. The van der Waals surface area contributed by atoms with Crippen LogP contribution in [0.2, 0.25) is 0 Å². The summed E-state index contributed by atoms with van der Waals surface area (Å²) in [7, 11) is 2.13. The molecule has 1 aliphatic rings. The number of aromatic nitrogens is 4. The van der Waals surface area contributed by atoms with E-state index >= 15 is 0 Å². The maximum atomic E-state index is 12.0. The third-order valence-electron chi connectivity index (χ3n) is 4.53. The SMILES string of the molecule is C=C(C)n1nc(C(=O)OCC)cc1-c1ccnc(NC2CCN(C)CC2)n1. The predicted octanol–water partition coefficient (Wildman–Crippen LogP) is 2.51. The van der Waals surface area contributed by atoms with E-state index in [4.69, 9.17) is 4.74 Å². The van der Waals surface area contributed by atoms with Gasteiger partial charge in [-0.15, -0.1) is 0 Å². The van der Waals surface area contributed by atoms with Gasteiger partial charge < -0.3 is 15.0 Å². The van der Waals surface area contributed by atoms with Crippen LogP contribution in [0.3, 0.4) is 0 Å². The molecule has 144 valence electrons. The number of anilines is 1. The topological polar surface area (TPSA) is 85.2 Å². The Morgan fingerprint density at radius 1 is 1.41 bits per heavy atom. The van der Waals surface area contributed by atoms with Crippen molar-refractivity contribution in [1.29, 1.82) is 0 Å². The van der Waals surface area contributed by atoms with Crippen molar-refractivity contribution in [3.05, 3.63) is 30.6 Å². The number of ether oxygens (including phenoxy) is 1. The van der Waals surface area contributed by atoms with Crippen LogP contribution in [-0.2, 0) is 4.74 Å². The lowest BCUT2D eigenvalue weighted by Gasteiger charge is -2.29. The number of carbonyl (C=O) groups is 1. The van der Waals surface area contributed by atoms with Crippen molar-refractivity contribution in [3.8, 4) is 11.4 Å². The Kier molecular flexibility index (Phi) is 5.85. The highest BCUT2D eigenvalue weighted by Gasteiger charge is 2.20. The highest BCUT2D eigenvalue weighted by molar-refractivity contribution is 5.89. The van der Waals surface area contributed by atoms with Crippen LogP contribution in [0.1, 0.15) is 37.2 Å². The second-order valence-corrected chi connectivity index (χ2v) is 6.77. The van der Waals surface area contributed by atoms with E-state index in [9.17, 15) is 4.79 Å². The minimum atomic E-state index is -0.461. The molecule has 0 aromatic carbocycles. The number of esters is 1. The summed E-state index contributed by atoms with van der Waals surface area (Å²) in [6, 6.07) is 3.83. The van der Waals surface area contributed by atoms with Crippen molar-refractivity contribution in [2.45, 2.75) is 32.7 Å². The van der Waals surface area contributed by atoms with Crippen molar-refractivity contribution in [2.24, 2.45) is 0 Å². The molecule has 0 spiro atoms. The van der Waals surface area contributed by atoms with E-state index in [1.807, 2.05) is 6.92 Å². The predicted molar refractivity (Wildman–Crippen MR) is 104 cm³/mol. The van der Waals surface area contributed by atoms with E-state index in [0.717, 1.165) is 25.9 Å². The molecule has 0 amide bonds. The van der Waals surface area contributed by atoms with Gasteiger partial charge in [0.1, 0.15) is 0 Å². The van der Waals surface area contributed by atoms with E-state index in [-0.39, 0.29) is 5.69 Å². The molecule has 3 heterocycles. The second kappa shape index (κ2) is 8.30. The first kappa shape index (κ1) is 19.0. The first-order valence-electron chi connectivity index (χ1n) is 9.19. The lowest BCUT2D eigenvalue weighted by Crippen LogP contribution is -2.37. The zero-order valence-electron chi connectivity index (χ0n) is 16.1. The van der Waals surface area contributed by atoms with Crippen LogP contribution in [-0.4, -0.2) is 63.4 Å². The third-order valence-corrected chi connectivity index (χ3v) is 4.53. The molecule has 0 unspecified atom stereocenters. The van der Waals surface area contributed by atoms with Crippen molar-refractivity contribution >= 4 is 17.6 Å². The van der Waals surface area contributed by atoms with E-state index in [2.05, 4.69) is 38.9 Å². The molecule has 0 radical (unpaired) electrons. The van der Waals surface area contributed by atoms with Gasteiger partial charge in [-0.1, -0.05) is 6.58 Å². The first-order valence-corrected chi connectivity index (χ1v) is 9.19. The largest absolute Gasteiger partial charge is 0.461 e. The Bertz CT molecular complexity index is 823. The number of nitrogens with zero attached hydrogens (tertiary/aromatic N) is 5. The minimum Gasteiger partial charge on any atom is -0.461 e. The number of carbonyl (C=O) groups excluding carboxylic acids is 1. The molecule has 1 fully saturated rings. The minimum absolute atomic E-state index is 0.235. The number of nitrogens with one attached hydrogen (secondary N) is 1. The fraction of sp³-hybridized carbons (Fsp3) is 0.474. The molecular weight excluding hydrogens is 344 g/mol. The van der Waals surface area contributed by atoms with Gasteiger partial charge in [-0.2, -0.15) is 5.10 Å². The molecule has 1 aliphatic heterocycles. The van der Waals surface area contributed by atoms with Crippen LogP contribution in [0, 0.1) is 0 Å². The van der Waals surface area contributed by atoms with Crippen molar-refractivity contribution in [2.75, 3.05) is 32.1 Å². The molecule has 0 atom stereocenters. The summed E-state index contributed by atoms with van der Waals surface area (Å²) in [6.45, 7) is 9.94. The Morgan fingerprint density at radius 3 is 2.81 bits per heavy atom. The molecule has 8 heteroatoms. The van der Waals surface area contributed by atoms with Gasteiger partial charge in [0.15, 0.2) is 5.69 Å². The summed E-state index contributed by atoms with van der Waals surface area (Å²) >= 11 is 0. The number of allylic oxidation sites excluding steroid dienone is 1. The van der Waals surface area contributed by atoms with Crippen molar-refractivity contribution in [1.82, 2.24) is 24.6 Å². The van der Waals surface area contributed by atoms with E-state index in [0.29, 0.717) is 35.7 Å². The van der Waals surface area contributed by atoms with Gasteiger partial charge in [0.2, 0.25) is 5.95 Å². The smallest absolute Gasteiger partial charge is 0.358 e. The van der Waals surface area contributed by atoms with Gasteiger partial charge in [-0.05, 0) is 52.9 Å². The van der Waals surface area contributed by atoms with Crippen LogP contribution in [0.25, 0.3) is 17.1 Å². The van der Waals surface area contributed by atoms with Gasteiger partial charge in [0.25, 0.3) is 0 Å². The van der Waals surface area contributed by atoms with E-state index < -0.39 is 5.97 Å². The fourth-order valence-corrected chi connectivity index (χ4v) is 3.07. The van der Waals surface area contributed by atoms with E-state index in [1.54, 1.807) is 29.9 Å². The molecule has 1 saturated heterocycles. The quantitative estimate of drug-likeness (QED) is 0.782. The molecule has 0 saturated carbocycles. The second-order valence-electron chi connectivity index (χ2n) is 6.77. The van der Waals surface area contributed by atoms with Crippen LogP contribution in [0.4, 0.5) is 5.95 Å². The van der Waals surface area contributed by atoms with Crippen molar-refractivity contribution < 1.29 is 9.53 Å². The normalized spacial score (nSPS) is 15.5. The zero-order valence-corrected chi connectivity index (χ0v) is 16.1. The number of hydrogen-bond acceptors (Lipinski definition) is 7. The lowest BCUT2D eigenvalue weighted by molar-refractivity contribution is 0.0519. The van der Waals surface area contributed by atoms with Crippen LogP contribution < -0.4 is 5.32 Å². The summed E-state index contributed by atoms with van der Waals surface area (Å²) < 4.78 is 6.66. The van der Waals surface area contributed by atoms with Crippen LogP contribution in [0.5, 0.6) is 0 Å². The van der Waals surface area contributed by atoms with Crippen LogP contribution >= 0.6 is 0 Å². The molecule has 2 aromatic rings. The standard InChI is InChI=1S/C19H26N6O2/c1-5-27-18(26)16-12-17(25(23-16)13(2)3)15-6-9-20-19(22-15)21-14-7-10-24(4)11-8-14/h6,9,12,14H,2,5,7-8,10-11H2,1,3-4H3,(H,20,21,22). The summed E-state index contributed by atoms with van der Waals surface area (Å²) in [5.74, 6) is 0.117. The molecule has 0 aliphatic carbocycles. The molecule has 1 N–H and O–H groups in total. The summed E-state index contributed by atoms with van der Waals surface area (Å²) in [4.78, 5) is 23.3. The monoisotopic (exact) mass is 370 g/mol. The number of likely N-dealkylation sites (tertiary alicyclic amines) is 1. The number of rotatable bonds is 6. The summed E-state index contributed by atoms with van der Waals surface area (Å²) in [5, 5.41) is 7.73. The molecule has 3 rings (SSSR count). The highest BCUT2D eigenvalue weighted by atomic mass is 16.5. The fourth-order valence-electron chi connectivity index (χ4n) is 3.07. The average molecular weight is 370 g/mol. The Labute approximate surface area is 159 Å². The Morgan fingerprint density at radius 2 is 2.15 bits per heavy atom. The number of hydrogen-bond donors (Lipinski definition) is 1. The first-order chi connectivity index (χ1) is 13.0. The molecule has 27 heavy (non-hydrogen) atoms. The van der Waals surface area contributed by atoms with Gasteiger partial charge in [-0.25, -0.2) is 19.4 Å². The van der Waals surface area contributed by atoms with Gasteiger partial charge in [0.05, 0.1) is 18.0 Å². The molecule has 8 nitrogen and oxygen atoms in total. The lowest BCUT2D eigenvalue weighted by atomic mass is 10.1. The average Bonchev–Trinajstić information content (AvgIpc) is 3.10. The van der Waals surface area contributed by atoms with Gasteiger partial charge in [-0.3, -0.25) is 0 Å². The molecule has 2 aromatic heterocycles. The molecule has 0 bridgehead atoms. The van der Waals surface area contributed by atoms with Crippen LogP contribution in [0.15, 0.2) is 24.9 Å². The van der Waals surface area contributed by atoms with Gasteiger partial charge >= 0.3 is 5.97 Å². The maximum Gasteiger partial charge on any atom is 0.358 e. The summed E-state index contributed by atoms with van der Waals surface area (Å²) in [5.41, 5.74) is 2.27. The van der Waals surface area contributed by atoms with Crippen molar-refractivity contribution in [3.63, 3.8) is 0 Å². The molecular formula is C19H26N6O2. The zero-order chi connectivity index (χ0) is 19.4. The summed E-state index contributed by atoms with van der Waals surface area (Å²) in [6.07, 6.45) is 3.82.